The van der Waals surface area contributed by atoms with Gasteiger partial charge in [0.05, 0.1) is 12.1 Å². The van der Waals surface area contributed by atoms with Gasteiger partial charge in [-0.2, -0.15) is 0 Å². The van der Waals surface area contributed by atoms with Gasteiger partial charge in [0.25, 0.3) is 0 Å². The van der Waals surface area contributed by atoms with E-state index >= 15 is 0 Å². The molecule has 3 aromatic rings. The van der Waals surface area contributed by atoms with E-state index in [2.05, 4.69) is 0 Å². The van der Waals surface area contributed by atoms with Gasteiger partial charge in [-0.25, -0.2) is 0 Å². The first-order valence-corrected chi connectivity index (χ1v) is 6.26. The number of rotatable bonds is 2. The Morgan fingerprint density at radius 1 is 1.10 bits per heavy atom. The molecule has 0 fully saturated rings. The van der Waals surface area contributed by atoms with E-state index in [9.17, 15) is 10.2 Å². The molecule has 0 spiro atoms. The number of fused-ring (bicyclic) bond motifs is 1. The number of ether oxygens (including phenoxy) is 1. The highest BCUT2D eigenvalue weighted by molar-refractivity contribution is 6.37. The molecule has 1 aromatic heterocycles. The van der Waals surface area contributed by atoms with E-state index < -0.39 is 0 Å². The summed E-state index contributed by atoms with van der Waals surface area (Å²) in [4.78, 5) is 0. The molecule has 0 amide bonds. The molecule has 3 rings (SSSR count). The number of methoxy groups -OCH3 is 1. The maximum atomic E-state index is 9.76. The van der Waals surface area contributed by atoms with Crippen molar-refractivity contribution in [2.24, 2.45) is 0 Å². The van der Waals surface area contributed by atoms with E-state index in [0.29, 0.717) is 22.5 Å². The van der Waals surface area contributed by atoms with E-state index in [-0.39, 0.29) is 16.5 Å². The number of hydrogen-bond acceptors (Lipinski definition) is 4. The summed E-state index contributed by atoms with van der Waals surface area (Å²) in [5.74, 6) is 1.10. The van der Waals surface area contributed by atoms with Crippen molar-refractivity contribution in [1.82, 2.24) is 0 Å². The number of furan rings is 1. The van der Waals surface area contributed by atoms with Crippen molar-refractivity contribution in [2.45, 2.75) is 0 Å². The standard InChI is InChI=1S/C15H11ClO4/c1-19-13-7-11(18)14(16)10-6-12(20-15(10)13)8-2-4-9(17)5-3-8/h2-7,17-18H,1H3. The largest absolute Gasteiger partial charge is 0.508 e. The zero-order valence-corrected chi connectivity index (χ0v) is 11.3. The van der Waals surface area contributed by atoms with Crippen LogP contribution in [0.1, 0.15) is 0 Å². The molecule has 1 heterocycles. The van der Waals surface area contributed by atoms with E-state index in [1.54, 1.807) is 30.3 Å². The Balaban J connectivity index is 2.24. The molecule has 2 aromatic carbocycles. The molecule has 0 aliphatic heterocycles. The molecule has 4 nitrogen and oxygen atoms in total. The van der Waals surface area contributed by atoms with Crippen molar-refractivity contribution >= 4 is 22.6 Å². The Morgan fingerprint density at radius 3 is 2.45 bits per heavy atom. The molecule has 0 saturated heterocycles. The molecular weight excluding hydrogens is 280 g/mol. The summed E-state index contributed by atoms with van der Waals surface area (Å²) in [6.45, 7) is 0. The van der Waals surface area contributed by atoms with Crippen molar-refractivity contribution in [1.29, 1.82) is 0 Å². The predicted octanol–water partition coefficient (Wildman–Crippen LogP) is 4.17. The predicted molar refractivity (Wildman–Crippen MR) is 76.5 cm³/mol. The molecule has 0 bridgehead atoms. The molecular formula is C15H11ClO4. The number of hydrogen-bond donors (Lipinski definition) is 2. The summed E-state index contributed by atoms with van der Waals surface area (Å²) >= 11 is 6.08. The van der Waals surface area contributed by atoms with Gasteiger partial charge >= 0.3 is 0 Å². The maximum absolute atomic E-state index is 9.76. The molecule has 102 valence electrons. The van der Waals surface area contributed by atoms with Crippen molar-refractivity contribution in [3.8, 4) is 28.6 Å². The van der Waals surface area contributed by atoms with Gasteiger partial charge in [0.1, 0.15) is 17.3 Å². The third-order valence-electron chi connectivity index (χ3n) is 3.06. The quantitative estimate of drug-likeness (QED) is 0.743. The molecule has 5 heteroatoms. The Labute approximate surface area is 119 Å². The zero-order valence-electron chi connectivity index (χ0n) is 10.6. The van der Waals surface area contributed by atoms with Crippen molar-refractivity contribution in [3.05, 3.63) is 41.4 Å². The molecule has 0 unspecified atom stereocenters. The summed E-state index contributed by atoms with van der Waals surface area (Å²) in [6.07, 6.45) is 0. The van der Waals surface area contributed by atoms with Gasteiger partial charge in [0.15, 0.2) is 11.3 Å². The summed E-state index contributed by atoms with van der Waals surface area (Å²) in [5.41, 5.74) is 1.26. The highest BCUT2D eigenvalue weighted by Crippen LogP contribution is 2.42. The van der Waals surface area contributed by atoms with Crippen molar-refractivity contribution < 1.29 is 19.4 Å². The lowest BCUT2D eigenvalue weighted by Crippen LogP contribution is -1.83. The molecule has 0 saturated carbocycles. The van der Waals surface area contributed by atoms with Crippen LogP contribution in [0.15, 0.2) is 40.8 Å². The van der Waals surface area contributed by atoms with Gasteiger partial charge in [-0.3, -0.25) is 0 Å². The fourth-order valence-electron chi connectivity index (χ4n) is 2.05. The Bertz CT molecular complexity index is 775. The van der Waals surface area contributed by atoms with E-state index in [4.69, 9.17) is 20.8 Å². The average Bonchev–Trinajstić information content (AvgIpc) is 2.89. The number of halogens is 1. The van der Waals surface area contributed by atoms with Crippen LogP contribution in [-0.2, 0) is 0 Å². The number of aromatic hydroxyl groups is 2. The number of phenolic OH excluding ortho intramolecular Hbond substituents is 2. The fourth-order valence-corrected chi connectivity index (χ4v) is 2.24. The van der Waals surface area contributed by atoms with Crippen LogP contribution in [0.3, 0.4) is 0 Å². The van der Waals surface area contributed by atoms with Gasteiger partial charge in [-0.15, -0.1) is 0 Å². The van der Waals surface area contributed by atoms with E-state index in [1.165, 1.54) is 13.2 Å². The van der Waals surface area contributed by atoms with Crippen LogP contribution >= 0.6 is 11.6 Å². The second-order valence-corrected chi connectivity index (χ2v) is 4.69. The molecule has 2 N–H and O–H groups in total. The van der Waals surface area contributed by atoms with E-state index in [1.807, 2.05) is 0 Å². The van der Waals surface area contributed by atoms with Crippen molar-refractivity contribution in [3.63, 3.8) is 0 Å². The second-order valence-electron chi connectivity index (χ2n) is 4.31. The molecule has 0 aliphatic rings. The zero-order chi connectivity index (χ0) is 14.3. The summed E-state index contributed by atoms with van der Waals surface area (Å²) in [7, 11) is 1.49. The SMILES string of the molecule is COc1cc(O)c(Cl)c2cc(-c3ccc(O)cc3)oc12. The third kappa shape index (κ3) is 1.94. The van der Waals surface area contributed by atoms with Crippen LogP contribution in [0, 0.1) is 0 Å². The average molecular weight is 291 g/mol. The number of phenols is 2. The van der Waals surface area contributed by atoms with Gasteiger partial charge in [0.2, 0.25) is 0 Å². The monoisotopic (exact) mass is 290 g/mol. The van der Waals surface area contributed by atoms with Crippen LogP contribution in [-0.4, -0.2) is 17.3 Å². The third-order valence-corrected chi connectivity index (χ3v) is 3.45. The van der Waals surface area contributed by atoms with Crippen LogP contribution in [0.25, 0.3) is 22.3 Å². The molecule has 20 heavy (non-hydrogen) atoms. The first-order valence-electron chi connectivity index (χ1n) is 5.88. The lowest BCUT2D eigenvalue weighted by molar-refractivity contribution is 0.404. The van der Waals surface area contributed by atoms with Crippen LogP contribution in [0.4, 0.5) is 0 Å². The smallest absolute Gasteiger partial charge is 0.178 e. The lowest BCUT2D eigenvalue weighted by atomic mass is 10.1. The Hall–Kier alpha value is -2.33. The normalized spacial score (nSPS) is 10.9. The van der Waals surface area contributed by atoms with Crippen LogP contribution < -0.4 is 4.74 Å². The Morgan fingerprint density at radius 2 is 1.80 bits per heavy atom. The highest BCUT2D eigenvalue weighted by atomic mass is 35.5. The fraction of sp³-hybridized carbons (Fsp3) is 0.0667. The van der Waals surface area contributed by atoms with Gasteiger partial charge < -0.3 is 19.4 Å². The lowest BCUT2D eigenvalue weighted by Gasteiger charge is -2.03. The minimum atomic E-state index is -0.0610. The first-order chi connectivity index (χ1) is 9.60. The van der Waals surface area contributed by atoms with Gasteiger partial charge in [0, 0.05) is 17.0 Å². The topological polar surface area (TPSA) is 62.8 Å². The summed E-state index contributed by atoms with van der Waals surface area (Å²) in [5, 5.41) is 19.9. The summed E-state index contributed by atoms with van der Waals surface area (Å²) in [6, 6.07) is 9.74. The summed E-state index contributed by atoms with van der Waals surface area (Å²) < 4.78 is 10.9. The second kappa shape index (κ2) is 4.65. The number of benzene rings is 2. The maximum Gasteiger partial charge on any atom is 0.178 e. The van der Waals surface area contributed by atoms with Gasteiger partial charge in [-0.1, -0.05) is 11.6 Å². The van der Waals surface area contributed by atoms with E-state index in [0.717, 1.165) is 5.56 Å². The molecule has 0 radical (unpaired) electrons. The Kier molecular flexibility index (Phi) is 2.95. The van der Waals surface area contributed by atoms with Crippen molar-refractivity contribution in [2.75, 3.05) is 7.11 Å². The minimum absolute atomic E-state index is 0.0610. The van der Waals surface area contributed by atoms with Gasteiger partial charge in [-0.05, 0) is 30.3 Å². The minimum Gasteiger partial charge on any atom is -0.508 e. The molecule has 0 atom stereocenters. The van der Waals surface area contributed by atoms with Crippen LogP contribution in [0.5, 0.6) is 17.2 Å². The highest BCUT2D eigenvalue weighted by Gasteiger charge is 2.16. The molecule has 0 aliphatic carbocycles. The first kappa shape index (κ1) is 12.7. The van der Waals surface area contributed by atoms with Crippen LogP contribution in [0.2, 0.25) is 5.02 Å².